The molecule has 1 amide bonds. The maximum absolute atomic E-state index is 13.2. The van der Waals surface area contributed by atoms with E-state index in [1.54, 1.807) is 36.4 Å². The van der Waals surface area contributed by atoms with E-state index < -0.39 is 16.6 Å². The first-order valence-corrected chi connectivity index (χ1v) is 9.72. The van der Waals surface area contributed by atoms with E-state index >= 15 is 0 Å². The summed E-state index contributed by atoms with van der Waals surface area (Å²) in [5, 5.41) is 14.3. The van der Waals surface area contributed by atoms with Crippen LogP contribution >= 0.6 is 11.6 Å². The summed E-state index contributed by atoms with van der Waals surface area (Å²) in [6.07, 6.45) is 0. The van der Waals surface area contributed by atoms with Crippen molar-refractivity contribution in [1.29, 1.82) is 0 Å². The van der Waals surface area contributed by atoms with Crippen molar-refractivity contribution in [3.8, 4) is 5.75 Å². The van der Waals surface area contributed by atoms with Gasteiger partial charge in [0.25, 0.3) is 11.6 Å². The van der Waals surface area contributed by atoms with Crippen molar-refractivity contribution in [2.45, 2.75) is 0 Å². The Kier molecular flexibility index (Phi) is 5.61. The number of carbonyl (C=O) groups excluding carboxylic acids is 2. The number of fused-ring (bicyclic) bond motifs is 1. The molecule has 1 aromatic heterocycles. The summed E-state index contributed by atoms with van der Waals surface area (Å²) >= 11 is 6.15. The van der Waals surface area contributed by atoms with Crippen LogP contribution in [0.25, 0.3) is 11.0 Å². The monoisotopic (exact) mass is 450 g/mol. The molecule has 0 saturated carbocycles. The van der Waals surface area contributed by atoms with E-state index in [0.717, 1.165) is 0 Å². The predicted octanol–water partition coefficient (Wildman–Crippen LogP) is 5.49. The number of nitrogens with one attached hydrogen (secondary N) is 1. The zero-order valence-electron chi connectivity index (χ0n) is 16.6. The third-order valence-electron chi connectivity index (χ3n) is 4.79. The molecule has 0 bridgehead atoms. The van der Waals surface area contributed by atoms with Crippen LogP contribution in [-0.2, 0) is 0 Å². The third-order valence-corrected chi connectivity index (χ3v) is 5.09. The Morgan fingerprint density at radius 2 is 1.72 bits per heavy atom. The number of hydrogen-bond acceptors (Lipinski definition) is 6. The number of ether oxygens (including phenoxy) is 1. The molecule has 0 saturated heterocycles. The smallest absolute Gasteiger partial charge is 0.269 e. The number of rotatable bonds is 6. The van der Waals surface area contributed by atoms with Gasteiger partial charge >= 0.3 is 0 Å². The minimum atomic E-state index is -0.554. The lowest BCUT2D eigenvalue weighted by atomic mass is 10.1. The standard InChI is InChI=1S/C23H15ClN2O6/c1-31-19-11-8-14(12-17(19)24)21(27)22-20(16-4-2-3-5-18(16)32-22)25-23(28)13-6-9-15(10-7-13)26(29)30/h2-12H,1H3,(H,25,28). The van der Waals surface area contributed by atoms with Crippen molar-refractivity contribution >= 4 is 45.6 Å². The van der Waals surface area contributed by atoms with E-state index in [9.17, 15) is 19.7 Å². The van der Waals surface area contributed by atoms with Crippen molar-refractivity contribution in [2.24, 2.45) is 0 Å². The molecule has 8 nitrogen and oxygen atoms in total. The Labute approximate surface area is 186 Å². The number of nitrogens with zero attached hydrogens (tertiary/aromatic N) is 1. The fourth-order valence-corrected chi connectivity index (χ4v) is 3.45. The van der Waals surface area contributed by atoms with E-state index in [1.165, 1.54) is 37.4 Å². The van der Waals surface area contributed by atoms with Crippen LogP contribution in [0, 0.1) is 10.1 Å². The number of furan rings is 1. The zero-order chi connectivity index (χ0) is 22.8. The maximum atomic E-state index is 13.2. The number of benzene rings is 3. The maximum Gasteiger partial charge on any atom is 0.269 e. The molecule has 0 unspecified atom stereocenters. The van der Waals surface area contributed by atoms with Gasteiger partial charge in [0, 0.05) is 28.6 Å². The second-order valence-corrected chi connectivity index (χ2v) is 7.15. The molecular weight excluding hydrogens is 436 g/mol. The molecule has 9 heteroatoms. The summed E-state index contributed by atoms with van der Waals surface area (Å²) in [5.74, 6) is -0.680. The SMILES string of the molecule is COc1ccc(C(=O)c2oc3ccccc3c2NC(=O)c2ccc([N+](=O)[O-])cc2)cc1Cl. The average Bonchev–Trinajstić information content (AvgIpc) is 3.16. The summed E-state index contributed by atoms with van der Waals surface area (Å²) in [4.78, 5) is 36.3. The van der Waals surface area contributed by atoms with Crippen molar-refractivity contribution in [3.05, 3.63) is 98.8 Å². The zero-order valence-corrected chi connectivity index (χ0v) is 17.4. The lowest BCUT2D eigenvalue weighted by Gasteiger charge is -2.08. The first-order valence-electron chi connectivity index (χ1n) is 9.34. The molecule has 0 spiro atoms. The summed E-state index contributed by atoms with van der Waals surface area (Å²) in [7, 11) is 1.47. The minimum absolute atomic E-state index is 0.0669. The highest BCUT2D eigenvalue weighted by atomic mass is 35.5. The van der Waals surface area contributed by atoms with Crippen LogP contribution in [0.5, 0.6) is 5.75 Å². The number of carbonyl (C=O) groups is 2. The Morgan fingerprint density at radius 1 is 1.03 bits per heavy atom. The number of hydrogen-bond donors (Lipinski definition) is 1. The van der Waals surface area contributed by atoms with Crippen LogP contribution in [0.4, 0.5) is 11.4 Å². The fraction of sp³-hybridized carbons (Fsp3) is 0.0435. The van der Waals surface area contributed by atoms with Gasteiger partial charge < -0.3 is 14.5 Å². The van der Waals surface area contributed by atoms with Gasteiger partial charge in [-0.05, 0) is 42.5 Å². The number of non-ortho nitro benzene ring substituents is 1. The molecule has 1 N–H and O–H groups in total. The van der Waals surface area contributed by atoms with Crippen LogP contribution in [0.1, 0.15) is 26.5 Å². The summed E-state index contributed by atoms with van der Waals surface area (Å²) in [6, 6.07) is 16.6. The summed E-state index contributed by atoms with van der Waals surface area (Å²) in [6.45, 7) is 0. The van der Waals surface area contributed by atoms with Crippen LogP contribution in [0.2, 0.25) is 5.02 Å². The number of ketones is 1. The topological polar surface area (TPSA) is 112 Å². The number of para-hydroxylation sites is 1. The molecule has 3 aromatic carbocycles. The van der Waals surface area contributed by atoms with Crippen LogP contribution < -0.4 is 10.1 Å². The fourth-order valence-electron chi connectivity index (χ4n) is 3.19. The van der Waals surface area contributed by atoms with Gasteiger partial charge in [-0.1, -0.05) is 23.7 Å². The molecular formula is C23H15ClN2O6. The first-order chi connectivity index (χ1) is 15.4. The quantitative estimate of drug-likeness (QED) is 0.236. The Hall–Kier alpha value is -4.17. The van der Waals surface area contributed by atoms with E-state index in [-0.39, 0.29) is 33.3 Å². The highest BCUT2D eigenvalue weighted by molar-refractivity contribution is 6.32. The van der Waals surface area contributed by atoms with Crippen molar-refractivity contribution in [2.75, 3.05) is 12.4 Å². The Bertz CT molecular complexity index is 1360. The van der Waals surface area contributed by atoms with Gasteiger partial charge in [0.05, 0.1) is 22.7 Å². The molecule has 1 heterocycles. The minimum Gasteiger partial charge on any atom is -0.495 e. The third kappa shape index (κ3) is 3.91. The van der Waals surface area contributed by atoms with Gasteiger partial charge in [-0.15, -0.1) is 0 Å². The van der Waals surface area contributed by atoms with Crippen LogP contribution in [0.3, 0.4) is 0 Å². The van der Waals surface area contributed by atoms with E-state index in [2.05, 4.69) is 5.32 Å². The van der Waals surface area contributed by atoms with Crippen LogP contribution in [0.15, 0.2) is 71.1 Å². The lowest BCUT2D eigenvalue weighted by molar-refractivity contribution is -0.384. The Balaban J connectivity index is 1.73. The van der Waals surface area contributed by atoms with Gasteiger partial charge in [0.2, 0.25) is 5.78 Å². The number of nitro benzene ring substituents is 1. The van der Waals surface area contributed by atoms with Gasteiger partial charge in [0.15, 0.2) is 5.76 Å². The van der Waals surface area contributed by atoms with Gasteiger partial charge in [-0.3, -0.25) is 19.7 Å². The number of anilines is 1. The number of methoxy groups -OCH3 is 1. The van der Waals surface area contributed by atoms with E-state index in [1.807, 2.05) is 0 Å². The lowest BCUT2D eigenvalue weighted by Crippen LogP contribution is -2.14. The number of amides is 1. The second kappa shape index (κ2) is 8.52. The Morgan fingerprint density at radius 3 is 2.38 bits per heavy atom. The van der Waals surface area contributed by atoms with Gasteiger partial charge in [0.1, 0.15) is 11.3 Å². The second-order valence-electron chi connectivity index (χ2n) is 6.74. The van der Waals surface area contributed by atoms with Crippen molar-refractivity contribution in [3.63, 3.8) is 0 Å². The summed E-state index contributed by atoms with van der Waals surface area (Å²) < 4.78 is 10.9. The average molecular weight is 451 g/mol. The molecule has 0 aliphatic rings. The van der Waals surface area contributed by atoms with Gasteiger partial charge in [-0.25, -0.2) is 0 Å². The molecule has 4 rings (SSSR count). The molecule has 0 aliphatic heterocycles. The highest BCUT2D eigenvalue weighted by Gasteiger charge is 2.24. The molecule has 32 heavy (non-hydrogen) atoms. The van der Waals surface area contributed by atoms with Crippen LogP contribution in [-0.4, -0.2) is 23.7 Å². The molecule has 0 fully saturated rings. The predicted molar refractivity (Wildman–Crippen MR) is 119 cm³/mol. The van der Waals surface area contributed by atoms with Crippen molar-refractivity contribution < 1.29 is 23.7 Å². The molecule has 0 aliphatic carbocycles. The number of nitro groups is 1. The number of halogens is 1. The molecule has 4 aromatic rings. The van der Waals surface area contributed by atoms with E-state index in [0.29, 0.717) is 16.7 Å². The van der Waals surface area contributed by atoms with Gasteiger partial charge in [-0.2, -0.15) is 0 Å². The molecule has 0 atom stereocenters. The molecule has 160 valence electrons. The normalized spacial score (nSPS) is 10.7. The van der Waals surface area contributed by atoms with Crippen molar-refractivity contribution in [1.82, 2.24) is 0 Å². The first kappa shape index (κ1) is 21.1. The molecule has 0 radical (unpaired) electrons. The summed E-state index contributed by atoms with van der Waals surface area (Å²) in [5.41, 5.74) is 0.908. The largest absolute Gasteiger partial charge is 0.495 e. The highest BCUT2D eigenvalue weighted by Crippen LogP contribution is 2.34. The van der Waals surface area contributed by atoms with E-state index in [4.69, 9.17) is 20.8 Å².